The summed E-state index contributed by atoms with van der Waals surface area (Å²) in [5.74, 6) is -1.53. The predicted molar refractivity (Wildman–Crippen MR) is 101 cm³/mol. The Balaban J connectivity index is 1.62. The minimum absolute atomic E-state index is 0.0898. The van der Waals surface area contributed by atoms with E-state index in [0.29, 0.717) is 12.1 Å². The molecule has 0 radical (unpaired) electrons. The lowest BCUT2D eigenvalue weighted by molar-refractivity contribution is -0.133. The number of benzene rings is 1. The highest BCUT2D eigenvalue weighted by Gasteiger charge is 2.28. The summed E-state index contributed by atoms with van der Waals surface area (Å²) in [6.07, 6.45) is -2.99. The fraction of sp³-hybridized carbons (Fsp3) is 0.421. The first-order valence-electron chi connectivity index (χ1n) is 8.90. The van der Waals surface area contributed by atoms with Crippen LogP contribution in [0.25, 0.3) is 10.4 Å². The molecule has 2 atom stereocenters. The van der Waals surface area contributed by atoms with E-state index in [1.807, 2.05) is 0 Å². The van der Waals surface area contributed by atoms with Gasteiger partial charge in [0.1, 0.15) is 17.8 Å². The van der Waals surface area contributed by atoms with Gasteiger partial charge in [0, 0.05) is 19.3 Å². The number of rotatable bonds is 8. The van der Waals surface area contributed by atoms with Crippen LogP contribution in [-0.2, 0) is 11.3 Å². The minimum atomic E-state index is -3.28. The molecule has 1 fully saturated rings. The van der Waals surface area contributed by atoms with Gasteiger partial charge in [-0.25, -0.2) is 9.37 Å². The Labute approximate surface area is 169 Å². The van der Waals surface area contributed by atoms with E-state index in [4.69, 9.17) is 5.26 Å². The largest absolute Gasteiger partial charge is 0.386 e. The van der Waals surface area contributed by atoms with Crippen LogP contribution in [0.3, 0.4) is 0 Å². The van der Waals surface area contributed by atoms with E-state index < -0.39 is 31.2 Å². The van der Waals surface area contributed by atoms with Crippen LogP contribution in [0.5, 0.6) is 0 Å². The highest BCUT2D eigenvalue weighted by molar-refractivity contribution is 7.15. The van der Waals surface area contributed by atoms with Gasteiger partial charge in [-0.15, -0.1) is 11.3 Å². The number of nitrogens with one attached hydrogen (secondary N) is 1. The molecule has 1 aromatic carbocycles. The van der Waals surface area contributed by atoms with Gasteiger partial charge in [-0.1, -0.05) is 24.3 Å². The molecule has 10 heteroatoms. The molecule has 1 aromatic heterocycles. The number of alkyl halides is 3. The molecule has 2 aromatic rings. The van der Waals surface area contributed by atoms with Crippen LogP contribution in [-0.4, -0.2) is 53.1 Å². The zero-order valence-electron chi connectivity index (χ0n) is 15.3. The van der Waals surface area contributed by atoms with Gasteiger partial charge in [-0.3, -0.25) is 9.69 Å². The van der Waals surface area contributed by atoms with Gasteiger partial charge in [0.15, 0.2) is 0 Å². The van der Waals surface area contributed by atoms with Crippen molar-refractivity contribution >= 4 is 17.2 Å². The molecule has 3 rings (SSSR count). The zero-order chi connectivity index (χ0) is 21.0. The topological polar surface area (TPSA) is 89.2 Å². The number of nitrogens with zero attached hydrogens (tertiary/aromatic N) is 3. The van der Waals surface area contributed by atoms with Crippen molar-refractivity contribution in [1.82, 2.24) is 15.2 Å². The van der Waals surface area contributed by atoms with Crippen LogP contribution in [0.15, 0.2) is 30.5 Å². The van der Waals surface area contributed by atoms with E-state index in [2.05, 4.69) is 16.0 Å². The van der Waals surface area contributed by atoms with Crippen molar-refractivity contribution in [3.05, 3.63) is 41.0 Å². The molecule has 1 saturated heterocycles. The van der Waals surface area contributed by atoms with E-state index >= 15 is 0 Å². The van der Waals surface area contributed by atoms with Crippen LogP contribution in [0.2, 0.25) is 0 Å². The highest BCUT2D eigenvalue weighted by Crippen LogP contribution is 2.29. The van der Waals surface area contributed by atoms with Crippen LogP contribution >= 0.6 is 11.3 Å². The van der Waals surface area contributed by atoms with E-state index in [9.17, 15) is 23.1 Å². The summed E-state index contributed by atoms with van der Waals surface area (Å²) in [6, 6.07) is 7.33. The van der Waals surface area contributed by atoms with E-state index in [0.717, 1.165) is 28.5 Å². The number of amides is 1. The van der Waals surface area contributed by atoms with E-state index in [-0.39, 0.29) is 5.92 Å². The molecule has 1 aliphatic heterocycles. The van der Waals surface area contributed by atoms with Gasteiger partial charge in [0.25, 0.3) is 5.91 Å². The average molecular weight is 424 g/mol. The van der Waals surface area contributed by atoms with Crippen molar-refractivity contribution in [2.45, 2.75) is 25.1 Å². The summed E-state index contributed by atoms with van der Waals surface area (Å²) in [5, 5.41) is 21.8. The summed E-state index contributed by atoms with van der Waals surface area (Å²) in [4.78, 5) is 18.5. The predicted octanol–water partition coefficient (Wildman–Crippen LogP) is 2.52. The van der Waals surface area contributed by atoms with E-state index in [1.54, 1.807) is 35.8 Å². The lowest BCUT2D eigenvalue weighted by Crippen LogP contribution is -2.45. The Morgan fingerprint density at radius 3 is 2.66 bits per heavy atom. The van der Waals surface area contributed by atoms with Crippen molar-refractivity contribution in [2.75, 3.05) is 19.8 Å². The highest BCUT2D eigenvalue weighted by atomic mass is 32.1. The smallest absolute Gasteiger partial charge is 0.315 e. The molecule has 2 N–H and O–H groups in total. The Hall–Kier alpha value is -2.48. The lowest BCUT2D eigenvalue weighted by Gasteiger charge is -2.34. The molecule has 29 heavy (non-hydrogen) atoms. The van der Waals surface area contributed by atoms with Crippen LogP contribution in [0, 0.1) is 17.2 Å². The van der Waals surface area contributed by atoms with Gasteiger partial charge in [0.05, 0.1) is 29.5 Å². The van der Waals surface area contributed by atoms with Crippen LogP contribution < -0.4 is 5.32 Å². The van der Waals surface area contributed by atoms with Crippen molar-refractivity contribution in [3.63, 3.8) is 0 Å². The molecule has 1 amide bonds. The molecule has 0 aliphatic carbocycles. The molecule has 2 heterocycles. The molecule has 0 spiro atoms. The maximum atomic E-state index is 13.1. The first-order chi connectivity index (χ1) is 13.9. The van der Waals surface area contributed by atoms with Gasteiger partial charge >= 0.3 is 6.43 Å². The molecule has 0 saturated carbocycles. The maximum absolute atomic E-state index is 13.1. The molecule has 6 nitrogen and oxygen atoms in total. The first-order valence-corrected chi connectivity index (χ1v) is 9.72. The van der Waals surface area contributed by atoms with Gasteiger partial charge in [-0.2, -0.15) is 14.0 Å². The Morgan fingerprint density at radius 1 is 1.38 bits per heavy atom. The third-order valence-corrected chi connectivity index (χ3v) is 5.69. The number of hydrogen-bond donors (Lipinski definition) is 2. The number of hydrogen-bond acceptors (Lipinski definition) is 6. The number of aromatic nitrogens is 1. The standard InChI is InChI=1S/C19H19F3N4O2S/c20-5-14(25-19(28)18(21)22)17(27)13-3-1-12(2-4-13)15-7-24-16(29-15)10-26-8-11(6-23)9-26/h1-4,7,11,14,17-18,27H,5,8-10H2,(H,25,28). The summed E-state index contributed by atoms with van der Waals surface area (Å²) < 4.78 is 37.8. The summed E-state index contributed by atoms with van der Waals surface area (Å²) in [5.41, 5.74) is 1.15. The number of carbonyl (C=O) groups is 1. The van der Waals surface area contributed by atoms with Crippen molar-refractivity contribution < 1.29 is 23.1 Å². The fourth-order valence-electron chi connectivity index (χ4n) is 3.01. The SMILES string of the molecule is N#CC1CN(Cc2ncc(-c3ccc(C(O)C(CF)NC(=O)C(F)F)cc3)s2)C1. The number of likely N-dealkylation sites (tertiary alicyclic amines) is 1. The van der Waals surface area contributed by atoms with Crippen LogP contribution in [0.1, 0.15) is 16.7 Å². The summed E-state index contributed by atoms with van der Waals surface area (Å²) >= 11 is 1.51. The number of carbonyl (C=O) groups excluding carboxylic acids is 1. The molecule has 154 valence electrons. The zero-order valence-corrected chi connectivity index (χ0v) is 16.1. The Bertz CT molecular complexity index is 878. The number of halogens is 3. The first kappa shape index (κ1) is 21.2. The number of nitriles is 1. The summed E-state index contributed by atoms with van der Waals surface area (Å²) in [6.45, 7) is 0.996. The maximum Gasteiger partial charge on any atom is 0.315 e. The van der Waals surface area contributed by atoms with Gasteiger partial charge in [0.2, 0.25) is 0 Å². The lowest BCUT2D eigenvalue weighted by atomic mass is 10.0. The van der Waals surface area contributed by atoms with Crippen molar-refractivity contribution in [3.8, 4) is 16.5 Å². The quantitative estimate of drug-likeness (QED) is 0.680. The number of aliphatic hydroxyl groups is 1. The van der Waals surface area contributed by atoms with Gasteiger partial charge < -0.3 is 10.4 Å². The number of aliphatic hydroxyl groups excluding tert-OH is 1. The van der Waals surface area contributed by atoms with Crippen LogP contribution in [0.4, 0.5) is 13.2 Å². The second kappa shape index (κ2) is 9.35. The number of thiazole rings is 1. The summed E-state index contributed by atoms with van der Waals surface area (Å²) in [7, 11) is 0. The minimum Gasteiger partial charge on any atom is -0.386 e. The molecule has 2 unspecified atom stereocenters. The normalized spacial score (nSPS) is 16.8. The van der Waals surface area contributed by atoms with Gasteiger partial charge in [-0.05, 0) is 11.1 Å². The molecular formula is C19H19F3N4O2S. The molecule has 1 aliphatic rings. The second-order valence-electron chi connectivity index (χ2n) is 6.78. The van der Waals surface area contributed by atoms with Crippen molar-refractivity contribution in [2.24, 2.45) is 5.92 Å². The average Bonchev–Trinajstić information content (AvgIpc) is 3.16. The third-order valence-electron chi connectivity index (χ3n) is 4.66. The van der Waals surface area contributed by atoms with E-state index in [1.165, 1.54) is 11.3 Å². The third kappa shape index (κ3) is 5.12. The second-order valence-corrected chi connectivity index (χ2v) is 7.89. The monoisotopic (exact) mass is 424 g/mol. The molecule has 0 bridgehead atoms. The molecular weight excluding hydrogens is 405 g/mol. The Morgan fingerprint density at radius 2 is 2.07 bits per heavy atom. The fourth-order valence-corrected chi connectivity index (χ4v) is 3.98. The Kier molecular flexibility index (Phi) is 6.84. The van der Waals surface area contributed by atoms with Crippen molar-refractivity contribution in [1.29, 1.82) is 5.26 Å².